The average Bonchev–Trinajstić information content (AvgIpc) is 3.51. The molecule has 10 heteroatoms. The molecule has 0 unspecified atom stereocenters. The number of benzene rings is 2. The highest BCUT2D eigenvalue weighted by atomic mass is 35.5. The Morgan fingerprint density at radius 3 is 2.68 bits per heavy atom. The summed E-state index contributed by atoms with van der Waals surface area (Å²) >= 11 is 7.55. The third-order valence-electron chi connectivity index (χ3n) is 4.81. The predicted molar refractivity (Wildman–Crippen MR) is 132 cm³/mol. The highest BCUT2D eigenvalue weighted by Crippen LogP contribution is 2.32. The van der Waals surface area contributed by atoms with Crippen molar-refractivity contribution in [2.24, 2.45) is 10.1 Å². The number of fused-ring (bicyclic) bond motifs is 1. The predicted octanol–water partition coefficient (Wildman–Crippen LogP) is 5.06. The molecule has 1 N–H and O–H groups in total. The Hall–Kier alpha value is -3.82. The zero-order valence-corrected chi connectivity index (χ0v) is 19.2. The molecule has 0 saturated heterocycles. The summed E-state index contributed by atoms with van der Waals surface area (Å²) in [4.78, 5) is 16.7. The smallest absolute Gasteiger partial charge is 0.283 e. The lowest BCUT2D eigenvalue weighted by Gasteiger charge is -2.20. The van der Waals surface area contributed by atoms with Gasteiger partial charge in [0.1, 0.15) is 24.7 Å². The first-order chi connectivity index (χ1) is 16.6. The van der Waals surface area contributed by atoms with Gasteiger partial charge in [-0.1, -0.05) is 35.9 Å². The maximum absolute atomic E-state index is 12.6. The molecule has 0 saturated carbocycles. The van der Waals surface area contributed by atoms with Crippen molar-refractivity contribution in [3.63, 3.8) is 0 Å². The number of halogens is 1. The summed E-state index contributed by atoms with van der Waals surface area (Å²) in [7, 11) is 0. The highest BCUT2D eigenvalue weighted by Gasteiger charge is 2.36. The quantitative estimate of drug-likeness (QED) is 0.365. The number of aliphatic imine (C=N–C) groups is 1. The third kappa shape index (κ3) is 4.61. The van der Waals surface area contributed by atoms with E-state index < -0.39 is 5.91 Å². The molecule has 0 atom stereocenters. The van der Waals surface area contributed by atoms with Crippen LogP contribution in [0.2, 0.25) is 5.02 Å². The molecule has 0 fully saturated rings. The van der Waals surface area contributed by atoms with Gasteiger partial charge in [-0.15, -0.1) is 0 Å². The van der Waals surface area contributed by atoms with Gasteiger partial charge in [0.05, 0.1) is 16.9 Å². The van der Waals surface area contributed by atoms with Gasteiger partial charge in [0.15, 0.2) is 16.6 Å². The van der Waals surface area contributed by atoms with Gasteiger partial charge in [0.2, 0.25) is 5.17 Å². The number of rotatable bonds is 7. The Morgan fingerprint density at radius 1 is 1.09 bits per heavy atom. The zero-order chi connectivity index (χ0) is 23.5. The van der Waals surface area contributed by atoms with Crippen LogP contribution in [0, 0.1) is 5.41 Å². The van der Waals surface area contributed by atoms with Crippen molar-refractivity contribution in [1.82, 2.24) is 5.01 Å². The number of hydrogen-bond acceptors (Lipinski definition) is 7. The second-order valence-electron chi connectivity index (χ2n) is 7.10. The lowest BCUT2D eigenvalue weighted by atomic mass is 10.1. The van der Waals surface area contributed by atoms with Crippen LogP contribution in [0.25, 0.3) is 6.08 Å². The molecule has 0 aliphatic carbocycles. The monoisotopic (exact) mass is 492 g/mol. The minimum Gasteiger partial charge on any atom is -0.490 e. The van der Waals surface area contributed by atoms with Crippen LogP contribution < -0.4 is 9.47 Å². The molecule has 0 spiro atoms. The van der Waals surface area contributed by atoms with E-state index in [2.05, 4.69) is 10.1 Å². The number of nitrogens with one attached hydrogen (secondary N) is 1. The van der Waals surface area contributed by atoms with E-state index >= 15 is 0 Å². The van der Waals surface area contributed by atoms with Gasteiger partial charge in [-0.05, 0) is 59.8 Å². The molecule has 2 aliphatic heterocycles. The number of ether oxygens (including phenoxy) is 2. The molecule has 0 bridgehead atoms. The Balaban J connectivity index is 1.26. The summed E-state index contributed by atoms with van der Waals surface area (Å²) in [6.07, 6.45) is 3.09. The molecule has 1 amide bonds. The van der Waals surface area contributed by atoms with Gasteiger partial charge < -0.3 is 13.9 Å². The molecule has 8 nitrogen and oxygen atoms in total. The Morgan fingerprint density at radius 2 is 1.91 bits per heavy atom. The largest absolute Gasteiger partial charge is 0.490 e. The number of hydrazone groups is 1. The van der Waals surface area contributed by atoms with E-state index in [9.17, 15) is 4.79 Å². The zero-order valence-electron chi connectivity index (χ0n) is 17.6. The summed E-state index contributed by atoms with van der Waals surface area (Å²) in [6, 6.07) is 18.1. The minimum atomic E-state index is -0.519. The number of carbonyl (C=O) groups is 1. The van der Waals surface area contributed by atoms with Crippen molar-refractivity contribution >= 4 is 51.4 Å². The van der Waals surface area contributed by atoms with E-state index in [1.807, 2.05) is 30.3 Å². The first-order valence-electron chi connectivity index (χ1n) is 10.2. The number of carbonyl (C=O) groups excluding carboxylic acids is 1. The third-order valence-corrected chi connectivity index (χ3v) is 6.02. The van der Waals surface area contributed by atoms with Gasteiger partial charge in [-0.3, -0.25) is 10.2 Å². The number of furan rings is 1. The molecular formula is C24H17ClN4O4S. The number of hydrogen-bond donors (Lipinski definition) is 1. The maximum Gasteiger partial charge on any atom is 0.283 e. The van der Waals surface area contributed by atoms with Crippen molar-refractivity contribution in [3.05, 3.63) is 88.8 Å². The molecule has 5 rings (SSSR count). The lowest BCUT2D eigenvalue weighted by molar-refractivity contribution is -0.114. The molecule has 170 valence electrons. The fraction of sp³-hybridized carbons (Fsp3) is 0.0833. The van der Waals surface area contributed by atoms with Crippen LogP contribution in [0.15, 0.2) is 87.0 Å². The van der Waals surface area contributed by atoms with E-state index in [0.29, 0.717) is 45.5 Å². The van der Waals surface area contributed by atoms with Crippen LogP contribution in [0.1, 0.15) is 11.3 Å². The number of amides is 1. The van der Waals surface area contributed by atoms with Gasteiger partial charge in [0.25, 0.3) is 5.91 Å². The van der Waals surface area contributed by atoms with Gasteiger partial charge in [0, 0.05) is 0 Å². The number of para-hydroxylation sites is 1. The Labute approximate surface area is 204 Å². The molecule has 34 heavy (non-hydrogen) atoms. The maximum atomic E-state index is 12.6. The van der Waals surface area contributed by atoms with Crippen LogP contribution in [-0.2, 0) is 4.79 Å². The van der Waals surface area contributed by atoms with Crippen LogP contribution in [-0.4, -0.2) is 40.2 Å². The first kappa shape index (κ1) is 22.0. The first-order valence-corrected chi connectivity index (χ1v) is 11.4. The normalized spacial score (nSPS) is 16.4. The number of nitrogens with zero attached hydrogens (tertiary/aromatic N) is 3. The summed E-state index contributed by atoms with van der Waals surface area (Å²) in [6.45, 7) is 0.685. The summed E-state index contributed by atoms with van der Waals surface area (Å²) < 4.78 is 16.7. The van der Waals surface area contributed by atoms with Crippen molar-refractivity contribution in [2.75, 3.05) is 13.2 Å². The highest BCUT2D eigenvalue weighted by molar-refractivity contribution is 8.27. The van der Waals surface area contributed by atoms with Gasteiger partial charge in [-0.25, -0.2) is 0 Å². The number of amidine groups is 2. The SMILES string of the molecule is N=C1/C(=C\c2ccc(OCCOc3ccccc3)c(Cl)c2)C(=O)N=C2SC(c3ccco3)=NN12. The molecular weight excluding hydrogens is 476 g/mol. The van der Waals surface area contributed by atoms with Gasteiger partial charge >= 0.3 is 0 Å². The van der Waals surface area contributed by atoms with E-state index in [1.54, 1.807) is 36.4 Å². The topological polar surface area (TPSA) is 100 Å². The summed E-state index contributed by atoms with van der Waals surface area (Å²) in [5.41, 5.74) is 0.738. The van der Waals surface area contributed by atoms with E-state index in [1.165, 1.54) is 23.0 Å². The van der Waals surface area contributed by atoms with Crippen molar-refractivity contribution < 1.29 is 18.7 Å². The Kier molecular flexibility index (Phi) is 6.20. The molecule has 2 aliphatic rings. The minimum absolute atomic E-state index is 0.0708. The lowest BCUT2D eigenvalue weighted by Crippen LogP contribution is -2.35. The fourth-order valence-corrected chi connectivity index (χ4v) is 4.31. The van der Waals surface area contributed by atoms with Crippen molar-refractivity contribution in [2.45, 2.75) is 0 Å². The van der Waals surface area contributed by atoms with Crippen LogP contribution in [0.5, 0.6) is 11.5 Å². The van der Waals surface area contributed by atoms with Crippen LogP contribution in [0.4, 0.5) is 0 Å². The van der Waals surface area contributed by atoms with Gasteiger partial charge in [-0.2, -0.15) is 15.1 Å². The molecule has 2 aromatic carbocycles. The standard InChI is InChI=1S/C24H17ClN4O4S/c25-18-14-15(8-9-19(18)33-12-11-31-16-5-2-1-3-6-16)13-17-21(26)29-24(27-22(17)30)34-23(28-29)20-7-4-10-32-20/h1-10,13-14,26H,11-12H2/b17-13+,26-21?. The summed E-state index contributed by atoms with van der Waals surface area (Å²) in [5, 5.41) is 15.4. The van der Waals surface area contributed by atoms with Crippen LogP contribution >= 0.6 is 23.4 Å². The molecule has 0 radical (unpaired) electrons. The average molecular weight is 493 g/mol. The number of thioether (sulfide) groups is 1. The van der Waals surface area contributed by atoms with E-state index in [-0.39, 0.29) is 11.4 Å². The summed E-state index contributed by atoms with van der Waals surface area (Å²) in [5.74, 6) is 1.22. The van der Waals surface area contributed by atoms with Crippen molar-refractivity contribution in [3.8, 4) is 11.5 Å². The van der Waals surface area contributed by atoms with E-state index in [0.717, 1.165) is 5.75 Å². The van der Waals surface area contributed by atoms with Crippen molar-refractivity contribution in [1.29, 1.82) is 5.41 Å². The van der Waals surface area contributed by atoms with Crippen LogP contribution in [0.3, 0.4) is 0 Å². The molecule has 3 aromatic rings. The molecule has 1 aromatic heterocycles. The van der Waals surface area contributed by atoms with E-state index in [4.69, 9.17) is 30.9 Å². The fourth-order valence-electron chi connectivity index (χ4n) is 3.21. The second kappa shape index (κ2) is 9.58. The molecule has 3 heterocycles. The second-order valence-corrected chi connectivity index (χ2v) is 8.47. The Bertz CT molecular complexity index is 1340.